The fourth-order valence-corrected chi connectivity index (χ4v) is 1.55. The van der Waals surface area contributed by atoms with Crippen LogP contribution in [0.5, 0.6) is 0 Å². The number of anilines is 1. The lowest BCUT2D eigenvalue weighted by Crippen LogP contribution is -2.38. The largest absolute Gasteiger partial charge is 0.395 e. The molecule has 0 heterocycles. The Morgan fingerprint density at radius 3 is 2.55 bits per heavy atom. The van der Waals surface area contributed by atoms with Crippen LogP contribution in [0.3, 0.4) is 0 Å². The first-order valence-corrected chi connectivity index (χ1v) is 5.78. The number of aliphatic hydroxyl groups is 1. The summed E-state index contributed by atoms with van der Waals surface area (Å²) < 4.78 is 50.1. The van der Waals surface area contributed by atoms with Gasteiger partial charge in [0.15, 0.2) is 11.6 Å². The fourth-order valence-electron chi connectivity index (χ4n) is 1.55. The van der Waals surface area contributed by atoms with Gasteiger partial charge in [-0.1, -0.05) is 0 Å². The quantitative estimate of drug-likeness (QED) is 0.749. The third kappa shape index (κ3) is 5.54. The zero-order valence-corrected chi connectivity index (χ0v) is 10.5. The summed E-state index contributed by atoms with van der Waals surface area (Å²) in [4.78, 5) is 12.6. The average molecular weight is 294 g/mol. The van der Waals surface area contributed by atoms with Crippen molar-refractivity contribution < 1.29 is 27.5 Å². The van der Waals surface area contributed by atoms with E-state index in [0.717, 1.165) is 23.1 Å². The van der Waals surface area contributed by atoms with Gasteiger partial charge in [0.25, 0.3) is 6.43 Å². The maximum atomic E-state index is 12.9. The molecule has 0 aromatic heterocycles. The van der Waals surface area contributed by atoms with Crippen LogP contribution >= 0.6 is 0 Å². The molecule has 1 aromatic rings. The summed E-state index contributed by atoms with van der Waals surface area (Å²) in [5, 5.41) is 11.0. The van der Waals surface area contributed by atoms with Gasteiger partial charge >= 0.3 is 0 Å². The molecule has 0 saturated carbocycles. The van der Waals surface area contributed by atoms with E-state index >= 15 is 0 Å². The second-order valence-corrected chi connectivity index (χ2v) is 4.03. The summed E-state index contributed by atoms with van der Waals surface area (Å²) in [5.41, 5.74) is 0.0231. The minimum absolute atomic E-state index is 0.0231. The Kier molecular flexibility index (Phi) is 6.40. The average Bonchev–Trinajstić information content (AvgIpc) is 2.33. The zero-order chi connectivity index (χ0) is 15.1. The molecular formula is C12H14F4N2O2. The first-order valence-electron chi connectivity index (χ1n) is 5.78. The number of halogens is 4. The molecule has 0 saturated heterocycles. The van der Waals surface area contributed by atoms with Gasteiger partial charge in [-0.25, -0.2) is 17.6 Å². The Labute approximate surface area is 113 Å². The summed E-state index contributed by atoms with van der Waals surface area (Å²) in [6.45, 7) is -1.50. The molecule has 0 aliphatic heterocycles. The van der Waals surface area contributed by atoms with Crippen molar-refractivity contribution in [1.29, 1.82) is 0 Å². The Hall–Kier alpha value is -1.67. The minimum atomic E-state index is -2.64. The molecule has 0 fully saturated rings. The van der Waals surface area contributed by atoms with E-state index in [1.165, 1.54) is 0 Å². The topological polar surface area (TPSA) is 52.6 Å². The second-order valence-electron chi connectivity index (χ2n) is 4.03. The summed E-state index contributed by atoms with van der Waals surface area (Å²) in [6.07, 6.45) is -2.64. The summed E-state index contributed by atoms with van der Waals surface area (Å²) in [5.74, 6) is -2.84. The molecule has 0 unspecified atom stereocenters. The third-order valence-electron chi connectivity index (χ3n) is 2.38. The molecule has 1 amide bonds. The van der Waals surface area contributed by atoms with Crippen molar-refractivity contribution in [1.82, 2.24) is 4.90 Å². The van der Waals surface area contributed by atoms with Crippen LogP contribution in [0.4, 0.5) is 23.2 Å². The van der Waals surface area contributed by atoms with Crippen LogP contribution in [0, 0.1) is 11.6 Å². The van der Waals surface area contributed by atoms with Crippen molar-refractivity contribution in [2.24, 2.45) is 0 Å². The van der Waals surface area contributed by atoms with Crippen LogP contribution in [-0.4, -0.2) is 48.6 Å². The molecule has 0 aliphatic carbocycles. The number of amides is 1. The van der Waals surface area contributed by atoms with E-state index in [4.69, 9.17) is 5.11 Å². The molecule has 4 nitrogen and oxygen atoms in total. The van der Waals surface area contributed by atoms with Crippen LogP contribution in [0.15, 0.2) is 18.2 Å². The highest BCUT2D eigenvalue weighted by atomic mass is 19.3. The normalized spacial score (nSPS) is 11.2. The van der Waals surface area contributed by atoms with Crippen molar-refractivity contribution in [3.8, 4) is 0 Å². The lowest BCUT2D eigenvalue weighted by atomic mass is 10.3. The van der Waals surface area contributed by atoms with E-state index in [1.54, 1.807) is 0 Å². The fraction of sp³-hybridized carbons (Fsp3) is 0.417. The second kappa shape index (κ2) is 7.81. The number of carbonyl (C=O) groups is 1. The van der Waals surface area contributed by atoms with Crippen LogP contribution in [-0.2, 0) is 4.79 Å². The molecule has 0 spiro atoms. The molecule has 8 heteroatoms. The highest BCUT2D eigenvalue weighted by Crippen LogP contribution is 2.13. The van der Waals surface area contributed by atoms with Crippen LogP contribution in [0.25, 0.3) is 0 Å². The summed E-state index contributed by atoms with van der Waals surface area (Å²) in [7, 11) is 0. The number of nitrogens with one attached hydrogen (secondary N) is 1. The molecule has 1 rings (SSSR count). The van der Waals surface area contributed by atoms with Gasteiger partial charge in [0.05, 0.1) is 19.7 Å². The highest BCUT2D eigenvalue weighted by Gasteiger charge is 2.15. The van der Waals surface area contributed by atoms with E-state index in [1.807, 2.05) is 0 Å². The Morgan fingerprint density at radius 1 is 1.30 bits per heavy atom. The molecule has 0 aliphatic rings. The summed E-state index contributed by atoms with van der Waals surface area (Å²) >= 11 is 0. The van der Waals surface area contributed by atoms with Gasteiger partial charge in [0.1, 0.15) is 0 Å². The number of hydrogen-bond donors (Lipinski definition) is 2. The van der Waals surface area contributed by atoms with Gasteiger partial charge < -0.3 is 10.4 Å². The van der Waals surface area contributed by atoms with Crippen LogP contribution < -0.4 is 5.32 Å². The maximum absolute atomic E-state index is 12.9. The molecule has 0 bridgehead atoms. The number of aliphatic hydroxyl groups excluding tert-OH is 1. The van der Waals surface area contributed by atoms with Gasteiger partial charge in [-0.2, -0.15) is 0 Å². The van der Waals surface area contributed by atoms with Gasteiger partial charge in [-0.3, -0.25) is 9.69 Å². The number of nitrogens with zero attached hydrogens (tertiary/aromatic N) is 1. The molecule has 0 atom stereocenters. The van der Waals surface area contributed by atoms with Crippen LogP contribution in [0.2, 0.25) is 0 Å². The number of rotatable bonds is 7. The van der Waals surface area contributed by atoms with Crippen LogP contribution in [0.1, 0.15) is 0 Å². The van der Waals surface area contributed by atoms with E-state index in [-0.39, 0.29) is 25.4 Å². The van der Waals surface area contributed by atoms with E-state index in [9.17, 15) is 22.4 Å². The zero-order valence-electron chi connectivity index (χ0n) is 10.5. The predicted octanol–water partition coefficient (Wildman–Crippen LogP) is 1.46. The molecular weight excluding hydrogens is 280 g/mol. The molecule has 20 heavy (non-hydrogen) atoms. The van der Waals surface area contributed by atoms with Crippen molar-refractivity contribution in [2.45, 2.75) is 6.43 Å². The number of hydrogen-bond acceptors (Lipinski definition) is 3. The van der Waals surface area contributed by atoms with E-state index in [2.05, 4.69) is 5.32 Å². The third-order valence-corrected chi connectivity index (χ3v) is 2.38. The number of carbonyl (C=O) groups excluding carboxylic acids is 1. The molecule has 2 N–H and O–H groups in total. The molecule has 0 radical (unpaired) electrons. The molecule has 1 aromatic carbocycles. The van der Waals surface area contributed by atoms with E-state index in [0.29, 0.717) is 0 Å². The van der Waals surface area contributed by atoms with Gasteiger partial charge in [0, 0.05) is 18.3 Å². The lowest BCUT2D eigenvalue weighted by Gasteiger charge is -2.20. The maximum Gasteiger partial charge on any atom is 0.251 e. The van der Waals surface area contributed by atoms with Gasteiger partial charge in [-0.05, 0) is 12.1 Å². The SMILES string of the molecule is O=C(CN(CCO)CC(F)F)Nc1ccc(F)c(F)c1. The minimum Gasteiger partial charge on any atom is -0.395 e. The number of benzene rings is 1. The van der Waals surface area contributed by atoms with Gasteiger partial charge in [0.2, 0.25) is 5.91 Å². The Bertz CT molecular complexity index is 457. The van der Waals surface area contributed by atoms with Crippen molar-refractivity contribution in [3.63, 3.8) is 0 Å². The number of alkyl halides is 2. The standard InChI is InChI=1S/C12H14F4N2O2/c13-9-2-1-8(5-10(9)14)17-12(20)7-18(3-4-19)6-11(15)16/h1-2,5,11,19H,3-4,6-7H2,(H,17,20). The predicted molar refractivity (Wildman–Crippen MR) is 64.5 cm³/mol. The molecule has 112 valence electrons. The van der Waals surface area contributed by atoms with Crippen molar-refractivity contribution in [3.05, 3.63) is 29.8 Å². The summed E-state index contributed by atoms with van der Waals surface area (Å²) in [6, 6.07) is 2.78. The smallest absolute Gasteiger partial charge is 0.251 e. The monoisotopic (exact) mass is 294 g/mol. The van der Waals surface area contributed by atoms with Gasteiger partial charge in [-0.15, -0.1) is 0 Å². The first-order chi connectivity index (χ1) is 9.42. The highest BCUT2D eigenvalue weighted by molar-refractivity contribution is 5.92. The van der Waals surface area contributed by atoms with E-state index < -0.39 is 30.5 Å². The van der Waals surface area contributed by atoms with Crippen molar-refractivity contribution in [2.75, 3.05) is 31.6 Å². The first kappa shape index (κ1) is 16.4. The lowest BCUT2D eigenvalue weighted by molar-refractivity contribution is -0.117. The Balaban J connectivity index is 2.58. The van der Waals surface area contributed by atoms with Crippen molar-refractivity contribution >= 4 is 11.6 Å². The Morgan fingerprint density at radius 2 is 2.00 bits per heavy atom.